The zero-order chi connectivity index (χ0) is 19.9. The van der Waals surface area contributed by atoms with Gasteiger partial charge in [0.25, 0.3) is 0 Å². The SMILES string of the molecule is CCNC(=NCc1ccc(F)c(CO)c1)NC1CCN(c2cccc(Cl)c2)C1.I. The van der Waals surface area contributed by atoms with Crippen LogP contribution in [-0.2, 0) is 13.2 Å². The number of aliphatic imine (C=N–C) groups is 1. The molecule has 0 aliphatic carbocycles. The Kier molecular flexibility index (Phi) is 9.45. The first-order chi connectivity index (χ1) is 13.6. The van der Waals surface area contributed by atoms with Crippen molar-refractivity contribution in [2.24, 2.45) is 4.99 Å². The molecule has 1 atom stereocenters. The summed E-state index contributed by atoms with van der Waals surface area (Å²) < 4.78 is 13.5. The van der Waals surface area contributed by atoms with E-state index in [2.05, 4.69) is 26.6 Å². The predicted octanol–water partition coefficient (Wildman–Crippen LogP) is 3.92. The van der Waals surface area contributed by atoms with E-state index in [-0.39, 0.29) is 36.6 Å². The number of hydrogen-bond donors (Lipinski definition) is 3. The van der Waals surface area contributed by atoms with Crippen molar-refractivity contribution in [3.63, 3.8) is 0 Å². The van der Waals surface area contributed by atoms with Crippen LogP contribution in [0.1, 0.15) is 24.5 Å². The summed E-state index contributed by atoms with van der Waals surface area (Å²) in [4.78, 5) is 6.92. The van der Waals surface area contributed by atoms with Crippen LogP contribution >= 0.6 is 35.6 Å². The Labute approximate surface area is 193 Å². The third kappa shape index (κ3) is 6.72. The second-order valence-electron chi connectivity index (χ2n) is 6.83. The summed E-state index contributed by atoms with van der Waals surface area (Å²) in [6.45, 7) is 4.69. The van der Waals surface area contributed by atoms with Crippen LogP contribution in [0.4, 0.5) is 10.1 Å². The molecule has 0 radical (unpaired) electrons. The zero-order valence-electron chi connectivity index (χ0n) is 16.4. The van der Waals surface area contributed by atoms with Gasteiger partial charge in [-0.3, -0.25) is 0 Å². The molecule has 0 amide bonds. The second kappa shape index (κ2) is 11.6. The smallest absolute Gasteiger partial charge is 0.191 e. The van der Waals surface area contributed by atoms with Gasteiger partial charge in [-0.2, -0.15) is 0 Å². The van der Waals surface area contributed by atoms with Gasteiger partial charge in [0, 0.05) is 41.9 Å². The summed E-state index contributed by atoms with van der Waals surface area (Å²) in [6.07, 6.45) is 1.00. The number of nitrogens with one attached hydrogen (secondary N) is 2. The molecule has 1 heterocycles. The van der Waals surface area contributed by atoms with E-state index in [0.29, 0.717) is 12.1 Å². The molecule has 0 spiro atoms. The monoisotopic (exact) mass is 532 g/mol. The molecule has 0 bridgehead atoms. The molecule has 2 aromatic rings. The van der Waals surface area contributed by atoms with Crippen molar-refractivity contribution in [3.05, 3.63) is 64.4 Å². The Bertz CT molecular complexity index is 836. The summed E-state index contributed by atoms with van der Waals surface area (Å²) in [6, 6.07) is 12.9. The van der Waals surface area contributed by atoms with Gasteiger partial charge in [-0.1, -0.05) is 23.7 Å². The molecule has 5 nitrogen and oxygen atoms in total. The molecule has 1 fully saturated rings. The molecule has 0 aromatic heterocycles. The lowest BCUT2D eigenvalue weighted by molar-refractivity contribution is 0.275. The first-order valence-corrected chi connectivity index (χ1v) is 9.90. The van der Waals surface area contributed by atoms with Crippen molar-refractivity contribution in [2.45, 2.75) is 32.5 Å². The van der Waals surface area contributed by atoms with Crippen LogP contribution in [-0.4, -0.2) is 36.7 Å². The van der Waals surface area contributed by atoms with E-state index in [0.717, 1.165) is 48.3 Å². The number of rotatable bonds is 6. The number of halogens is 3. The van der Waals surface area contributed by atoms with Crippen molar-refractivity contribution in [1.82, 2.24) is 10.6 Å². The third-order valence-corrected chi connectivity index (χ3v) is 4.98. The number of hydrogen-bond acceptors (Lipinski definition) is 3. The van der Waals surface area contributed by atoms with Gasteiger partial charge in [-0.25, -0.2) is 9.38 Å². The average Bonchev–Trinajstić information content (AvgIpc) is 3.16. The number of benzene rings is 2. The zero-order valence-corrected chi connectivity index (χ0v) is 19.5. The maximum Gasteiger partial charge on any atom is 0.191 e. The van der Waals surface area contributed by atoms with E-state index in [1.807, 2.05) is 25.1 Å². The lowest BCUT2D eigenvalue weighted by Gasteiger charge is -2.20. The molecule has 0 saturated carbocycles. The molecule has 2 aromatic carbocycles. The Balaban J connectivity index is 0.00000300. The van der Waals surface area contributed by atoms with E-state index < -0.39 is 5.82 Å². The third-order valence-electron chi connectivity index (χ3n) is 4.75. The van der Waals surface area contributed by atoms with E-state index >= 15 is 0 Å². The van der Waals surface area contributed by atoms with Crippen molar-refractivity contribution < 1.29 is 9.50 Å². The van der Waals surface area contributed by atoms with Crippen LogP contribution in [0.3, 0.4) is 0 Å². The van der Waals surface area contributed by atoms with Gasteiger partial charge in [0.1, 0.15) is 5.82 Å². The predicted molar refractivity (Wildman–Crippen MR) is 128 cm³/mol. The van der Waals surface area contributed by atoms with Crippen LogP contribution in [0.2, 0.25) is 5.02 Å². The summed E-state index contributed by atoms with van der Waals surface area (Å²) in [5, 5.41) is 16.7. The first-order valence-electron chi connectivity index (χ1n) is 9.52. The molecule has 3 rings (SSSR count). The lowest BCUT2D eigenvalue weighted by Crippen LogP contribution is -2.44. The number of nitrogens with zero attached hydrogens (tertiary/aromatic N) is 2. The van der Waals surface area contributed by atoms with E-state index in [1.165, 1.54) is 6.07 Å². The standard InChI is InChI=1S/C21H26ClFN4O.HI/c1-2-24-21(25-12-15-6-7-20(23)16(10-15)14-28)26-18-8-9-27(13-18)19-5-3-4-17(22)11-19;/h3-7,10-11,18,28H,2,8-9,12-14H2,1H3,(H2,24,25,26);1H. The van der Waals surface area contributed by atoms with Crippen molar-refractivity contribution in [1.29, 1.82) is 0 Å². The van der Waals surface area contributed by atoms with E-state index in [1.54, 1.807) is 12.1 Å². The Morgan fingerprint density at radius 3 is 2.86 bits per heavy atom. The maximum absolute atomic E-state index is 13.5. The van der Waals surface area contributed by atoms with Crippen molar-refractivity contribution in [3.8, 4) is 0 Å². The normalized spacial score (nSPS) is 16.5. The molecule has 1 unspecified atom stereocenters. The number of anilines is 1. The highest BCUT2D eigenvalue weighted by Gasteiger charge is 2.23. The minimum Gasteiger partial charge on any atom is -0.392 e. The largest absolute Gasteiger partial charge is 0.392 e. The Morgan fingerprint density at radius 1 is 1.31 bits per heavy atom. The number of guanidine groups is 1. The number of aliphatic hydroxyl groups is 1. The highest BCUT2D eigenvalue weighted by Crippen LogP contribution is 2.23. The molecule has 158 valence electrons. The number of aliphatic hydroxyl groups excluding tert-OH is 1. The van der Waals surface area contributed by atoms with Crippen LogP contribution in [0.5, 0.6) is 0 Å². The van der Waals surface area contributed by atoms with E-state index in [4.69, 9.17) is 11.6 Å². The van der Waals surface area contributed by atoms with Crippen molar-refractivity contribution in [2.75, 3.05) is 24.5 Å². The Morgan fingerprint density at radius 2 is 2.14 bits per heavy atom. The fourth-order valence-corrected chi connectivity index (χ4v) is 3.50. The Hall–Kier alpha value is -1.58. The fraction of sp³-hybridized carbons (Fsp3) is 0.381. The molecule has 3 N–H and O–H groups in total. The summed E-state index contributed by atoms with van der Waals surface area (Å²) in [5.41, 5.74) is 2.27. The van der Waals surface area contributed by atoms with Gasteiger partial charge < -0.3 is 20.6 Å². The van der Waals surface area contributed by atoms with Gasteiger partial charge in [0.2, 0.25) is 0 Å². The molecule has 1 aliphatic heterocycles. The quantitative estimate of drug-likeness (QED) is 0.300. The molecule has 1 saturated heterocycles. The minimum atomic E-state index is -0.396. The fourth-order valence-electron chi connectivity index (χ4n) is 3.32. The van der Waals surface area contributed by atoms with Crippen LogP contribution in [0.25, 0.3) is 0 Å². The van der Waals surface area contributed by atoms with E-state index in [9.17, 15) is 9.50 Å². The first kappa shape index (κ1) is 23.7. The molecular formula is C21H27ClFIN4O. The maximum atomic E-state index is 13.5. The average molecular weight is 533 g/mol. The van der Waals surface area contributed by atoms with Crippen LogP contribution in [0.15, 0.2) is 47.5 Å². The van der Waals surface area contributed by atoms with Crippen LogP contribution in [0, 0.1) is 5.82 Å². The van der Waals surface area contributed by atoms with Crippen LogP contribution < -0.4 is 15.5 Å². The molecule has 1 aliphatic rings. The highest BCUT2D eigenvalue weighted by atomic mass is 127. The van der Waals surface area contributed by atoms with Gasteiger partial charge in [-0.15, -0.1) is 24.0 Å². The summed E-state index contributed by atoms with van der Waals surface area (Å²) >= 11 is 6.11. The molecule has 29 heavy (non-hydrogen) atoms. The second-order valence-corrected chi connectivity index (χ2v) is 7.27. The van der Waals surface area contributed by atoms with Gasteiger partial charge in [0.15, 0.2) is 5.96 Å². The molecule has 8 heteroatoms. The molecular weight excluding hydrogens is 506 g/mol. The van der Waals surface area contributed by atoms with Crippen molar-refractivity contribution >= 4 is 47.2 Å². The summed E-state index contributed by atoms with van der Waals surface area (Å²) in [5.74, 6) is 0.336. The minimum absolute atomic E-state index is 0. The van der Waals surface area contributed by atoms with Gasteiger partial charge in [-0.05, 0) is 49.2 Å². The lowest BCUT2D eigenvalue weighted by atomic mass is 10.1. The topological polar surface area (TPSA) is 59.9 Å². The summed E-state index contributed by atoms with van der Waals surface area (Å²) in [7, 11) is 0. The van der Waals surface area contributed by atoms with Gasteiger partial charge >= 0.3 is 0 Å². The highest BCUT2D eigenvalue weighted by molar-refractivity contribution is 14.0. The van der Waals surface area contributed by atoms with Gasteiger partial charge in [0.05, 0.1) is 13.2 Å².